The lowest BCUT2D eigenvalue weighted by atomic mass is 10.2. The van der Waals surface area contributed by atoms with E-state index in [-0.39, 0.29) is 0 Å². The Labute approximate surface area is 147 Å². The molecule has 0 atom stereocenters. The zero-order chi connectivity index (χ0) is 14.8. The molecular weight excluding hydrogens is 462 g/mol. The van der Waals surface area contributed by atoms with Crippen LogP contribution in [-0.2, 0) is 5.33 Å². The van der Waals surface area contributed by atoms with Crippen LogP contribution < -0.4 is 0 Å². The van der Waals surface area contributed by atoms with Gasteiger partial charge in [-0.1, -0.05) is 66.0 Å². The normalized spacial score (nSPS) is 10.8. The molecule has 1 aromatic heterocycles. The lowest BCUT2D eigenvalue weighted by molar-refractivity contribution is 0.962. The number of nitrogens with zero attached hydrogens (tertiary/aromatic N) is 3. The Morgan fingerprint density at radius 3 is 2.43 bits per heavy atom. The SMILES string of the molecule is BrCc1nnc(-c2cc(Br)ccc2Br)n1-c1ccccc1. The van der Waals surface area contributed by atoms with Crippen LogP contribution in [0, 0.1) is 0 Å². The van der Waals surface area contributed by atoms with Crippen molar-refractivity contribution in [1.29, 1.82) is 0 Å². The molecule has 6 heteroatoms. The van der Waals surface area contributed by atoms with Gasteiger partial charge in [0.25, 0.3) is 0 Å². The maximum absolute atomic E-state index is 4.37. The van der Waals surface area contributed by atoms with Gasteiger partial charge >= 0.3 is 0 Å². The minimum Gasteiger partial charge on any atom is -0.278 e. The second-order valence-corrected chi connectivity index (χ2v) is 6.70. The standard InChI is InChI=1S/C15H10Br3N3/c16-9-14-19-20-15(12-8-10(17)6-7-13(12)18)21(14)11-4-2-1-3-5-11/h1-8H,9H2. The van der Waals surface area contributed by atoms with Crippen LogP contribution >= 0.6 is 47.8 Å². The summed E-state index contributed by atoms with van der Waals surface area (Å²) in [6, 6.07) is 16.1. The zero-order valence-corrected chi connectivity index (χ0v) is 15.6. The number of hydrogen-bond acceptors (Lipinski definition) is 2. The van der Waals surface area contributed by atoms with Gasteiger partial charge in [-0.3, -0.25) is 4.57 Å². The van der Waals surface area contributed by atoms with Crippen LogP contribution in [0.1, 0.15) is 5.82 Å². The van der Waals surface area contributed by atoms with E-state index in [2.05, 4.69) is 62.6 Å². The molecule has 1 heterocycles. The average molecular weight is 472 g/mol. The number of hydrogen-bond donors (Lipinski definition) is 0. The molecule has 106 valence electrons. The van der Waals surface area contributed by atoms with E-state index in [9.17, 15) is 0 Å². The van der Waals surface area contributed by atoms with Crippen LogP contribution in [0.3, 0.4) is 0 Å². The Hall–Kier alpha value is -0.980. The predicted molar refractivity (Wildman–Crippen MR) is 94.8 cm³/mol. The second-order valence-electron chi connectivity index (χ2n) is 4.37. The fraction of sp³-hybridized carbons (Fsp3) is 0.0667. The molecule has 0 spiro atoms. The molecule has 3 rings (SSSR count). The third kappa shape index (κ3) is 2.98. The van der Waals surface area contributed by atoms with Crippen molar-refractivity contribution < 1.29 is 0 Å². The second kappa shape index (κ2) is 6.42. The summed E-state index contributed by atoms with van der Waals surface area (Å²) in [5, 5.41) is 9.30. The first-order valence-electron chi connectivity index (χ1n) is 6.22. The molecule has 0 fully saturated rings. The van der Waals surface area contributed by atoms with E-state index in [1.165, 1.54) is 0 Å². The van der Waals surface area contributed by atoms with Crippen molar-refractivity contribution in [1.82, 2.24) is 14.8 Å². The van der Waals surface area contributed by atoms with Gasteiger partial charge in [-0.25, -0.2) is 0 Å². The van der Waals surface area contributed by atoms with E-state index < -0.39 is 0 Å². The lowest BCUT2D eigenvalue weighted by Crippen LogP contribution is -2.01. The first-order chi connectivity index (χ1) is 10.2. The maximum Gasteiger partial charge on any atom is 0.169 e. The summed E-state index contributed by atoms with van der Waals surface area (Å²) in [5.74, 6) is 1.67. The zero-order valence-electron chi connectivity index (χ0n) is 10.8. The van der Waals surface area contributed by atoms with Crippen LogP contribution in [0.4, 0.5) is 0 Å². The first-order valence-corrected chi connectivity index (χ1v) is 8.92. The maximum atomic E-state index is 4.37. The van der Waals surface area contributed by atoms with Gasteiger partial charge in [0.2, 0.25) is 0 Å². The topological polar surface area (TPSA) is 30.7 Å². The quantitative estimate of drug-likeness (QED) is 0.482. The smallest absolute Gasteiger partial charge is 0.169 e. The van der Waals surface area contributed by atoms with Crippen molar-refractivity contribution in [3.63, 3.8) is 0 Å². The van der Waals surface area contributed by atoms with Gasteiger partial charge in [0.05, 0.1) is 5.33 Å². The molecule has 2 aromatic carbocycles. The molecule has 0 N–H and O–H groups in total. The third-order valence-electron chi connectivity index (χ3n) is 3.03. The number of alkyl halides is 1. The van der Waals surface area contributed by atoms with Crippen LogP contribution in [0.25, 0.3) is 17.1 Å². The van der Waals surface area contributed by atoms with Gasteiger partial charge in [0.15, 0.2) is 5.82 Å². The minimum atomic E-state index is 0.639. The summed E-state index contributed by atoms with van der Waals surface area (Å²) in [6.45, 7) is 0. The lowest BCUT2D eigenvalue weighted by Gasteiger charge is -2.10. The van der Waals surface area contributed by atoms with Gasteiger partial charge < -0.3 is 0 Å². The van der Waals surface area contributed by atoms with Gasteiger partial charge in [-0.05, 0) is 30.3 Å². The predicted octanol–water partition coefficient (Wildman–Crippen LogP) is 5.35. The van der Waals surface area contributed by atoms with Crippen molar-refractivity contribution in [2.24, 2.45) is 0 Å². The molecular formula is C15H10Br3N3. The van der Waals surface area contributed by atoms with E-state index >= 15 is 0 Å². The number of para-hydroxylation sites is 1. The highest BCUT2D eigenvalue weighted by atomic mass is 79.9. The van der Waals surface area contributed by atoms with Crippen molar-refractivity contribution >= 4 is 47.8 Å². The summed E-state index contributed by atoms with van der Waals surface area (Å²) in [7, 11) is 0. The largest absolute Gasteiger partial charge is 0.278 e. The van der Waals surface area contributed by atoms with E-state index in [1.807, 2.05) is 48.5 Å². The molecule has 0 aliphatic heterocycles. The summed E-state index contributed by atoms with van der Waals surface area (Å²) in [4.78, 5) is 0. The van der Waals surface area contributed by atoms with E-state index in [4.69, 9.17) is 0 Å². The molecule has 21 heavy (non-hydrogen) atoms. The van der Waals surface area contributed by atoms with Crippen LogP contribution in [0.5, 0.6) is 0 Å². The molecule has 0 bridgehead atoms. The van der Waals surface area contributed by atoms with Crippen LogP contribution in [0.2, 0.25) is 0 Å². The summed E-state index contributed by atoms with van der Waals surface area (Å²) >= 11 is 10.6. The van der Waals surface area contributed by atoms with Gasteiger partial charge in [0, 0.05) is 20.2 Å². The van der Waals surface area contributed by atoms with E-state index in [0.717, 1.165) is 31.8 Å². The Kier molecular flexibility index (Phi) is 4.57. The Morgan fingerprint density at radius 2 is 1.71 bits per heavy atom. The van der Waals surface area contributed by atoms with Gasteiger partial charge in [0.1, 0.15) is 5.82 Å². The van der Waals surface area contributed by atoms with Crippen molar-refractivity contribution in [2.75, 3.05) is 0 Å². The molecule has 0 saturated carbocycles. The Balaban J connectivity index is 2.25. The Morgan fingerprint density at radius 1 is 0.952 bits per heavy atom. The summed E-state index contributed by atoms with van der Waals surface area (Å²) < 4.78 is 4.04. The molecule has 0 aliphatic rings. The fourth-order valence-electron chi connectivity index (χ4n) is 2.09. The number of benzene rings is 2. The monoisotopic (exact) mass is 469 g/mol. The number of rotatable bonds is 3. The minimum absolute atomic E-state index is 0.639. The number of halogens is 3. The van der Waals surface area contributed by atoms with Crippen molar-refractivity contribution in [2.45, 2.75) is 5.33 Å². The highest BCUT2D eigenvalue weighted by Crippen LogP contribution is 2.32. The summed E-state index contributed by atoms with van der Waals surface area (Å²) in [6.07, 6.45) is 0. The first kappa shape index (κ1) is 14.9. The number of aromatic nitrogens is 3. The van der Waals surface area contributed by atoms with E-state index in [1.54, 1.807) is 0 Å². The third-order valence-corrected chi connectivity index (χ3v) is 4.72. The Bertz CT molecular complexity index is 769. The average Bonchev–Trinajstić information content (AvgIpc) is 2.94. The van der Waals surface area contributed by atoms with E-state index in [0.29, 0.717) is 5.33 Å². The molecule has 0 aliphatic carbocycles. The highest BCUT2D eigenvalue weighted by molar-refractivity contribution is 9.11. The summed E-state index contributed by atoms with van der Waals surface area (Å²) in [5.41, 5.74) is 2.03. The fourth-order valence-corrected chi connectivity index (χ4v) is 3.24. The molecule has 3 aromatic rings. The highest BCUT2D eigenvalue weighted by Gasteiger charge is 2.17. The molecule has 0 saturated heterocycles. The molecule has 0 amide bonds. The van der Waals surface area contributed by atoms with Crippen molar-refractivity contribution in [3.8, 4) is 17.1 Å². The van der Waals surface area contributed by atoms with Crippen molar-refractivity contribution in [3.05, 3.63) is 63.3 Å². The van der Waals surface area contributed by atoms with Gasteiger partial charge in [-0.2, -0.15) is 0 Å². The molecule has 0 radical (unpaired) electrons. The molecule has 3 nitrogen and oxygen atoms in total. The van der Waals surface area contributed by atoms with Crippen LogP contribution in [-0.4, -0.2) is 14.8 Å². The van der Waals surface area contributed by atoms with Crippen LogP contribution in [0.15, 0.2) is 57.5 Å². The molecule has 0 unspecified atom stereocenters. The van der Waals surface area contributed by atoms with Gasteiger partial charge in [-0.15, -0.1) is 10.2 Å².